The summed E-state index contributed by atoms with van der Waals surface area (Å²) < 4.78 is 0. The molecule has 1 aromatic heterocycles. The van der Waals surface area contributed by atoms with Crippen molar-refractivity contribution in [3.05, 3.63) is 32.7 Å². The number of hydrogen-bond donors (Lipinski definition) is 2. The first-order valence-corrected chi connectivity index (χ1v) is 7.07. The highest BCUT2D eigenvalue weighted by Crippen LogP contribution is 2.12. The van der Waals surface area contributed by atoms with Gasteiger partial charge in [0.1, 0.15) is 5.56 Å². The molecule has 0 bridgehead atoms. The van der Waals surface area contributed by atoms with E-state index in [1.165, 1.54) is 6.07 Å². The van der Waals surface area contributed by atoms with Gasteiger partial charge < -0.3 is 10.3 Å². The lowest BCUT2D eigenvalue weighted by Gasteiger charge is -2.16. The molecule has 1 aromatic rings. The predicted molar refractivity (Wildman–Crippen MR) is 77.9 cm³/mol. The van der Waals surface area contributed by atoms with E-state index in [0.29, 0.717) is 10.7 Å². The van der Waals surface area contributed by atoms with Crippen molar-refractivity contribution in [3.8, 4) is 0 Å². The largest absolute Gasteiger partial charge is 0.349 e. The molecule has 0 spiro atoms. The van der Waals surface area contributed by atoms with Crippen LogP contribution < -0.4 is 10.9 Å². The van der Waals surface area contributed by atoms with Crippen LogP contribution in [0.3, 0.4) is 0 Å². The fraction of sp³-hybridized carbons (Fsp3) is 0.571. The zero-order valence-corrected chi connectivity index (χ0v) is 12.4. The summed E-state index contributed by atoms with van der Waals surface area (Å²) >= 11 is 5.93. The van der Waals surface area contributed by atoms with Crippen molar-refractivity contribution in [1.82, 2.24) is 10.3 Å². The first-order chi connectivity index (χ1) is 8.99. The molecule has 106 valence electrons. The van der Waals surface area contributed by atoms with E-state index in [-0.39, 0.29) is 17.5 Å². The molecule has 0 saturated carbocycles. The van der Waals surface area contributed by atoms with Crippen LogP contribution in [-0.4, -0.2) is 16.9 Å². The third-order valence-electron chi connectivity index (χ3n) is 3.15. The Morgan fingerprint density at radius 3 is 2.74 bits per heavy atom. The number of aromatic nitrogens is 1. The highest BCUT2D eigenvalue weighted by molar-refractivity contribution is 6.31. The zero-order valence-electron chi connectivity index (χ0n) is 11.7. The number of pyridine rings is 1. The summed E-state index contributed by atoms with van der Waals surface area (Å²) in [5.74, 6) is -0.355. The fourth-order valence-corrected chi connectivity index (χ4v) is 2.01. The van der Waals surface area contributed by atoms with Crippen LogP contribution in [0, 0.1) is 6.92 Å². The molecule has 5 heteroatoms. The van der Waals surface area contributed by atoms with E-state index in [1.807, 2.05) is 6.92 Å². The van der Waals surface area contributed by atoms with E-state index in [4.69, 9.17) is 11.6 Å². The summed E-state index contributed by atoms with van der Waals surface area (Å²) in [5.41, 5.74) is 0.247. The van der Waals surface area contributed by atoms with Gasteiger partial charge in [0.25, 0.3) is 11.5 Å². The smallest absolute Gasteiger partial charge is 0.261 e. The van der Waals surface area contributed by atoms with E-state index >= 15 is 0 Å². The van der Waals surface area contributed by atoms with Crippen molar-refractivity contribution >= 4 is 17.5 Å². The maximum absolute atomic E-state index is 12.1. The highest BCUT2D eigenvalue weighted by atomic mass is 35.5. The summed E-state index contributed by atoms with van der Waals surface area (Å²) in [6.45, 7) is 5.83. The first kappa shape index (κ1) is 15.8. The molecule has 0 aliphatic carbocycles. The summed E-state index contributed by atoms with van der Waals surface area (Å²) in [7, 11) is 0. The SMILES string of the molecule is CCCC[C@@H](CC)NC(=O)c1cc(Cl)c(C)[nH]c1=O. The Morgan fingerprint density at radius 2 is 2.16 bits per heavy atom. The van der Waals surface area contributed by atoms with Crippen molar-refractivity contribution in [1.29, 1.82) is 0 Å². The number of nitrogens with one attached hydrogen (secondary N) is 2. The molecule has 0 unspecified atom stereocenters. The number of unbranched alkanes of at least 4 members (excludes halogenated alkanes) is 1. The van der Waals surface area contributed by atoms with Gasteiger partial charge in [-0.05, 0) is 25.8 Å². The second-order valence-corrected chi connectivity index (χ2v) is 5.11. The van der Waals surface area contributed by atoms with Gasteiger partial charge in [-0.3, -0.25) is 9.59 Å². The molecule has 0 radical (unpaired) electrons. The Hall–Kier alpha value is -1.29. The number of rotatable bonds is 6. The molecule has 2 N–H and O–H groups in total. The van der Waals surface area contributed by atoms with Gasteiger partial charge in [0.2, 0.25) is 0 Å². The number of halogens is 1. The van der Waals surface area contributed by atoms with Crippen LogP contribution in [0.15, 0.2) is 10.9 Å². The normalized spacial score (nSPS) is 12.2. The molecule has 1 amide bonds. The fourth-order valence-electron chi connectivity index (χ4n) is 1.86. The number of aryl methyl sites for hydroxylation is 1. The van der Waals surface area contributed by atoms with Crippen LogP contribution in [0.1, 0.15) is 55.6 Å². The van der Waals surface area contributed by atoms with Gasteiger partial charge in [-0.15, -0.1) is 0 Å². The van der Waals surface area contributed by atoms with Crippen LogP contribution >= 0.6 is 11.6 Å². The van der Waals surface area contributed by atoms with Crippen LogP contribution in [-0.2, 0) is 0 Å². The zero-order chi connectivity index (χ0) is 14.4. The maximum Gasteiger partial charge on any atom is 0.261 e. The molecule has 0 aromatic carbocycles. The lowest BCUT2D eigenvalue weighted by molar-refractivity contribution is 0.0932. The quantitative estimate of drug-likeness (QED) is 0.843. The molecular weight excluding hydrogens is 264 g/mol. The van der Waals surface area contributed by atoms with E-state index < -0.39 is 5.56 Å². The lowest BCUT2D eigenvalue weighted by atomic mass is 10.1. The molecule has 0 aliphatic heterocycles. The summed E-state index contributed by atoms with van der Waals surface area (Å²) in [5, 5.41) is 3.28. The Labute approximate surface area is 118 Å². The Kier molecular flexibility index (Phi) is 6.09. The van der Waals surface area contributed by atoms with E-state index in [9.17, 15) is 9.59 Å². The van der Waals surface area contributed by atoms with Gasteiger partial charge in [-0.2, -0.15) is 0 Å². The van der Waals surface area contributed by atoms with Gasteiger partial charge in [0.05, 0.1) is 5.02 Å². The van der Waals surface area contributed by atoms with Crippen LogP contribution in [0.2, 0.25) is 5.02 Å². The molecule has 0 fully saturated rings. The van der Waals surface area contributed by atoms with Gasteiger partial charge in [-0.1, -0.05) is 38.3 Å². The molecule has 19 heavy (non-hydrogen) atoms. The van der Waals surface area contributed by atoms with E-state index in [0.717, 1.165) is 25.7 Å². The average molecular weight is 285 g/mol. The standard InChI is InChI=1S/C14H21ClN2O2/c1-4-6-7-10(5-2)17-14(19)11-8-12(15)9(3)16-13(11)18/h8,10H,4-7H2,1-3H3,(H,16,18)(H,17,19)/t10-/m1/s1. The molecular formula is C14H21ClN2O2. The third kappa shape index (κ3) is 4.39. The number of amides is 1. The molecule has 0 aliphatic rings. The number of aromatic amines is 1. The van der Waals surface area contributed by atoms with Gasteiger partial charge in [0.15, 0.2) is 0 Å². The van der Waals surface area contributed by atoms with Crippen molar-refractivity contribution in [2.45, 2.75) is 52.5 Å². The van der Waals surface area contributed by atoms with Gasteiger partial charge in [0, 0.05) is 11.7 Å². The number of carbonyl (C=O) groups is 1. The molecule has 4 nitrogen and oxygen atoms in total. The Balaban J connectivity index is 2.83. The lowest BCUT2D eigenvalue weighted by Crippen LogP contribution is -2.37. The average Bonchev–Trinajstić information content (AvgIpc) is 2.38. The maximum atomic E-state index is 12.1. The number of H-pyrrole nitrogens is 1. The summed E-state index contributed by atoms with van der Waals surface area (Å²) in [6.07, 6.45) is 3.92. The van der Waals surface area contributed by atoms with Crippen LogP contribution in [0.4, 0.5) is 0 Å². The summed E-state index contributed by atoms with van der Waals surface area (Å²) in [6, 6.07) is 1.53. The summed E-state index contributed by atoms with van der Waals surface area (Å²) in [4.78, 5) is 26.4. The first-order valence-electron chi connectivity index (χ1n) is 6.69. The van der Waals surface area contributed by atoms with Gasteiger partial charge in [-0.25, -0.2) is 0 Å². The van der Waals surface area contributed by atoms with Crippen LogP contribution in [0.25, 0.3) is 0 Å². The van der Waals surface area contributed by atoms with Crippen molar-refractivity contribution in [2.24, 2.45) is 0 Å². The number of hydrogen-bond acceptors (Lipinski definition) is 2. The van der Waals surface area contributed by atoms with Crippen molar-refractivity contribution in [2.75, 3.05) is 0 Å². The molecule has 1 rings (SSSR count). The third-order valence-corrected chi connectivity index (χ3v) is 3.55. The Bertz CT molecular complexity index is 497. The Morgan fingerprint density at radius 1 is 1.47 bits per heavy atom. The van der Waals surface area contributed by atoms with Crippen molar-refractivity contribution in [3.63, 3.8) is 0 Å². The minimum absolute atomic E-state index is 0.0746. The highest BCUT2D eigenvalue weighted by Gasteiger charge is 2.16. The number of carbonyl (C=O) groups excluding carboxylic acids is 1. The predicted octanol–water partition coefficient (Wildman–Crippen LogP) is 3.04. The van der Waals surface area contributed by atoms with Crippen LogP contribution in [0.5, 0.6) is 0 Å². The van der Waals surface area contributed by atoms with E-state index in [1.54, 1.807) is 6.92 Å². The van der Waals surface area contributed by atoms with E-state index in [2.05, 4.69) is 17.2 Å². The monoisotopic (exact) mass is 284 g/mol. The minimum atomic E-state index is -0.398. The molecule has 0 saturated heterocycles. The minimum Gasteiger partial charge on any atom is -0.349 e. The second-order valence-electron chi connectivity index (χ2n) is 4.71. The second kappa shape index (κ2) is 7.34. The molecule has 1 heterocycles. The van der Waals surface area contributed by atoms with Gasteiger partial charge >= 0.3 is 0 Å². The topological polar surface area (TPSA) is 62.0 Å². The molecule has 1 atom stereocenters. The van der Waals surface area contributed by atoms with Crippen molar-refractivity contribution < 1.29 is 4.79 Å².